The number of carbonyl (C=O) groups is 1. The van der Waals surface area contributed by atoms with E-state index in [-0.39, 0.29) is 28.8 Å². The van der Waals surface area contributed by atoms with Crippen LogP contribution in [0, 0.1) is 4.91 Å². The number of amides is 1. The lowest BCUT2D eigenvalue weighted by molar-refractivity contribution is 0.100. The molecule has 12 nitrogen and oxygen atoms in total. The zero-order valence-electron chi connectivity index (χ0n) is 18.7. The highest BCUT2D eigenvalue weighted by molar-refractivity contribution is 7.15. The lowest BCUT2D eigenvalue weighted by atomic mass is 10.2. The Morgan fingerprint density at radius 2 is 1.78 bits per heavy atom. The summed E-state index contributed by atoms with van der Waals surface area (Å²) in [5.74, 6) is 5.49. The number of thiazole rings is 1. The van der Waals surface area contributed by atoms with Gasteiger partial charge in [-0.25, -0.2) is 24.1 Å². The Morgan fingerprint density at radius 3 is 2.42 bits per heavy atom. The summed E-state index contributed by atoms with van der Waals surface area (Å²) < 4.78 is 8.72. The molecule has 2 heterocycles. The van der Waals surface area contributed by atoms with Gasteiger partial charge in [-0.05, 0) is 48.9 Å². The number of nitrogens with zero attached hydrogens (tertiary/aromatic N) is 6. The van der Waals surface area contributed by atoms with Crippen LogP contribution in [-0.4, -0.2) is 24.7 Å². The van der Waals surface area contributed by atoms with Crippen LogP contribution in [0.2, 0.25) is 5.02 Å². The zero-order chi connectivity index (χ0) is 25.8. The highest BCUT2D eigenvalue weighted by Crippen LogP contribution is 2.28. The molecule has 0 saturated carbocycles. The Hall–Kier alpha value is -4.36. The van der Waals surface area contributed by atoms with E-state index >= 15 is 0 Å². The minimum Gasteiger partial charge on any atom is -0.431 e. The van der Waals surface area contributed by atoms with E-state index in [0.29, 0.717) is 16.5 Å². The highest BCUT2D eigenvalue weighted by Gasteiger charge is 2.14. The second-order valence-corrected chi connectivity index (χ2v) is 8.72. The predicted molar refractivity (Wildman–Crippen MR) is 133 cm³/mol. The molecule has 0 atom stereocenters. The van der Waals surface area contributed by atoms with Crippen molar-refractivity contribution in [2.45, 2.75) is 20.0 Å². The van der Waals surface area contributed by atoms with Gasteiger partial charge in [-0.15, -0.1) is 4.91 Å². The van der Waals surface area contributed by atoms with Gasteiger partial charge in [-0.2, -0.15) is 4.68 Å². The van der Waals surface area contributed by atoms with Crippen LogP contribution in [0.25, 0.3) is 0 Å². The average molecular weight is 528 g/mol. The second kappa shape index (κ2) is 10.5. The number of carbonyl (C=O) groups excluding carboxylic acids is 1. The van der Waals surface area contributed by atoms with Gasteiger partial charge in [0.1, 0.15) is 10.6 Å². The van der Waals surface area contributed by atoms with Crippen molar-refractivity contribution in [2.24, 2.45) is 10.2 Å². The van der Waals surface area contributed by atoms with Crippen LogP contribution < -0.4 is 27.6 Å². The molecule has 0 bridgehead atoms. The predicted octanol–water partition coefficient (Wildman–Crippen LogP) is 2.63. The second-order valence-electron chi connectivity index (χ2n) is 7.29. The molecule has 4 aromatic rings. The number of nitrogens with two attached hydrogens (primary N) is 1. The first-order valence-electron chi connectivity index (χ1n) is 10.4. The SMILES string of the molecule is CCn1c(=O)n(N)/c(=N\c2ccc(Oc3ncc(C(=O)N=O)s3)cc2)n(Cc2ccc(Cl)cc2)c1=O. The molecule has 0 saturated heterocycles. The number of benzene rings is 2. The van der Waals surface area contributed by atoms with E-state index < -0.39 is 17.3 Å². The first-order chi connectivity index (χ1) is 17.3. The van der Waals surface area contributed by atoms with Crippen LogP contribution in [-0.2, 0) is 13.1 Å². The standard InChI is InChI=1S/C22H18ClN7O5S/c1-2-28-21(32)29(12-13-3-5-14(23)6-4-13)19(30(24)22(28)33)26-15-7-9-16(10-8-15)35-20-25-11-17(36-20)18(31)27-34/h3-11H,2,12,24H2,1H3/b26-19-. The van der Waals surface area contributed by atoms with Crippen molar-refractivity contribution in [1.82, 2.24) is 18.8 Å². The molecular weight excluding hydrogens is 510 g/mol. The fraction of sp³-hybridized carbons (Fsp3) is 0.136. The molecule has 0 fully saturated rings. The average Bonchev–Trinajstić information content (AvgIpc) is 3.35. The number of halogens is 1. The minimum atomic E-state index is -0.929. The largest absolute Gasteiger partial charge is 0.431 e. The van der Waals surface area contributed by atoms with Gasteiger partial charge in [0.2, 0.25) is 5.62 Å². The van der Waals surface area contributed by atoms with Gasteiger partial charge in [0.05, 0.1) is 18.4 Å². The molecule has 2 aromatic carbocycles. The summed E-state index contributed by atoms with van der Waals surface area (Å²) in [4.78, 5) is 55.8. The third kappa shape index (κ3) is 5.16. The van der Waals surface area contributed by atoms with E-state index in [2.05, 4.69) is 15.2 Å². The van der Waals surface area contributed by atoms with Crippen LogP contribution in [0.1, 0.15) is 22.2 Å². The topological polar surface area (TPSA) is 156 Å². The van der Waals surface area contributed by atoms with Crippen molar-refractivity contribution in [3.8, 4) is 10.9 Å². The van der Waals surface area contributed by atoms with E-state index in [1.807, 2.05) is 0 Å². The number of rotatable bonds is 7. The Bertz CT molecular complexity index is 1620. The van der Waals surface area contributed by atoms with Crippen molar-refractivity contribution >= 4 is 34.5 Å². The van der Waals surface area contributed by atoms with E-state index in [1.165, 1.54) is 10.8 Å². The van der Waals surface area contributed by atoms with Gasteiger partial charge in [0.15, 0.2) is 0 Å². The fourth-order valence-electron chi connectivity index (χ4n) is 3.21. The third-order valence-electron chi connectivity index (χ3n) is 4.98. The van der Waals surface area contributed by atoms with Gasteiger partial charge in [0, 0.05) is 16.7 Å². The maximum Gasteiger partial charge on any atom is 0.353 e. The lowest BCUT2D eigenvalue weighted by Gasteiger charge is -2.13. The van der Waals surface area contributed by atoms with Crippen molar-refractivity contribution in [1.29, 1.82) is 0 Å². The molecule has 184 valence electrons. The summed E-state index contributed by atoms with van der Waals surface area (Å²) in [5.41, 5.74) is -0.166. The van der Waals surface area contributed by atoms with Crippen LogP contribution >= 0.6 is 22.9 Å². The van der Waals surface area contributed by atoms with Gasteiger partial charge in [-0.3, -0.25) is 9.36 Å². The summed E-state index contributed by atoms with van der Waals surface area (Å²) in [6.07, 6.45) is 1.20. The van der Waals surface area contributed by atoms with Crippen LogP contribution in [0.4, 0.5) is 5.69 Å². The first kappa shape index (κ1) is 24.8. The summed E-state index contributed by atoms with van der Waals surface area (Å²) >= 11 is 6.84. The van der Waals surface area contributed by atoms with Crippen molar-refractivity contribution in [2.75, 3.05) is 5.84 Å². The number of hydrogen-bond donors (Lipinski definition) is 1. The molecule has 14 heteroatoms. The zero-order valence-corrected chi connectivity index (χ0v) is 20.3. The summed E-state index contributed by atoms with van der Waals surface area (Å²) in [7, 11) is 0. The summed E-state index contributed by atoms with van der Waals surface area (Å²) in [6, 6.07) is 13.2. The molecule has 0 unspecified atom stereocenters. The lowest BCUT2D eigenvalue weighted by Crippen LogP contribution is -2.57. The van der Waals surface area contributed by atoms with Crippen molar-refractivity contribution < 1.29 is 9.53 Å². The molecule has 2 aromatic heterocycles. The molecule has 2 N–H and O–H groups in total. The molecule has 36 heavy (non-hydrogen) atoms. The summed E-state index contributed by atoms with van der Waals surface area (Å²) in [5, 5.41) is 3.04. The first-order valence-corrected chi connectivity index (χ1v) is 11.6. The fourth-order valence-corrected chi connectivity index (χ4v) is 4.00. The molecule has 0 spiro atoms. The molecule has 1 amide bonds. The Morgan fingerprint density at radius 1 is 1.08 bits per heavy atom. The monoisotopic (exact) mass is 527 g/mol. The number of aromatic nitrogens is 4. The molecule has 0 aliphatic rings. The number of nitroso groups, excluding NO2 is 1. The van der Waals surface area contributed by atoms with Crippen LogP contribution in [0.5, 0.6) is 10.9 Å². The molecular formula is C22H18ClN7O5S. The smallest absolute Gasteiger partial charge is 0.353 e. The quantitative estimate of drug-likeness (QED) is 0.286. The molecule has 0 aliphatic carbocycles. The Kier molecular flexibility index (Phi) is 7.22. The van der Waals surface area contributed by atoms with Crippen LogP contribution in [0.3, 0.4) is 0 Å². The maximum atomic E-state index is 13.1. The molecule has 0 aliphatic heterocycles. The van der Waals surface area contributed by atoms with Gasteiger partial charge in [0.25, 0.3) is 5.19 Å². The van der Waals surface area contributed by atoms with Gasteiger partial charge >= 0.3 is 17.3 Å². The molecule has 0 radical (unpaired) electrons. The Labute approximate surface area is 211 Å². The maximum absolute atomic E-state index is 13.1. The third-order valence-corrected chi connectivity index (χ3v) is 6.09. The van der Waals surface area contributed by atoms with Gasteiger partial charge in [-0.1, -0.05) is 35.1 Å². The van der Waals surface area contributed by atoms with Crippen molar-refractivity contribution in [3.05, 3.63) is 102 Å². The van der Waals surface area contributed by atoms with E-state index in [0.717, 1.165) is 26.1 Å². The molecule has 4 rings (SSSR count). The van der Waals surface area contributed by atoms with E-state index in [4.69, 9.17) is 22.2 Å². The Balaban J connectivity index is 1.71. The van der Waals surface area contributed by atoms with Gasteiger partial charge < -0.3 is 10.6 Å². The van der Waals surface area contributed by atoms with Crippen LogP contribution in [0.15, 0.2) is 74.5 Å². The number of hydrogen-bond acceptors (Lipinski definition) is 9. The number of nitrogen functional groups attached to an aromatic ring is 1. The van der Waals surface area contributed by atoms with Crippen molar-refractivity contribution in [3.63, 3.8) is 0 Å². The summed E-state index contributed by atoms with van der Waals surface area (Å²) in [6.45, 7) is 1.91. The number of ether oxygens (including phenoxy) is 1. The highest BCUT2D eigenvalue weighted by atomic mass is 35.5. The normalized spacial score (nSPS) is 11.4. The minimum absolute atomic E-state index is 0.0530. The van der Waals surface area contributed by atoms with E-state index in [9.17, 15) is 19.3 Å². The van der Waals surface area contributed by atoms with E-state index in [1.54, 1.807) is 55.5 Å².